The van der Waals surface area contributed by atoms with Crippen molar-refractivity contribution in [2.24, 2.45) is 0 Å². The summed E-state index contributed by atoms with van der Waals surface area (Å²) in [6.45, 7) is 6.04. The van der Waals surface area contributed by atoms with E-state index in [4.69, 9.17) is 0 Å². The molecular weight excluding hydrogens is 456 g/mol. The second-order valence-corrected chi connectivity index (χ2v) is 11.5. The van der Waals surface area contributed by atoms with Crippen LogP contribution in [0.25, 0.3) is 0 Å². The number of anilines is 1. The van der Waals surface area contributed by atoms with Crippen molar-refractivity contribution in [3.05, 3.63) is 99.6 Å². The summed E-state index contributed by atoms with van der Waals surface area (Å²) in [7, 11) is -3.49. The predicted octanol–water partition coefficient (Wildman–Crippen LogP) is 5.64. The van der Waals surface area contributed by atoms with Gasteiger partial charge in [-0.2, -0.15) is 0 Å². The maximum Gasteiger partial charge on any atom is 0.251 e. The van der Waals surface area contributed by atoms with E-state index in [1.54, 1.807) is 12.1 Å². The molecular formula is C29H34N2O3S. The van der Waals surface area contributed by atoms with Crippen LogP contribution in [0.3, 0.4) is 0 Å². The molecule has 3 aromatic carbocycles. The highest BCUT2D eigenvalue weighted by molar-refractivity contribution is 7.92. The Morgan fingerprint density at radius 2 is 1.57 bits per heavy atom. The molecule has 1 aliphatic rings. The summed E-state index contributed by atoms with van der Waals surface area (Å²) in [5.74, 6) is -0.142. The van der Waals surface area contributed by atoms with Gasteiger partial charge >= 0.3 is 0 Å². The highest BCUT2D eigenvalue weighted by Crippen LogP contribution is 2.29. The molecule has 3 aromatic rings. The molecule has 6 heteroatoms. The molecule has 1 atom stereocenters. The molecule has 0 radical (unpaired) electrons. The zero-order valence-corrected chi connectivity index (χ0v) is 21.8. The Balaban J connectivity index is 1.47. The van der Waals surface area contributed by atoms with Gasteiger partial charge in [-0.1, -0.05) is 48.5 Å². The summed E-state index contributed by atoms with van der Waals surface area (Å²) >= 11 is 0. The quantitative estimate of drug-likeness (QED) is 0.466. The van der Waals surface area contributed by atoms with Crippen LogP contribution >= 0.6 is 0 Å². The first-order valence-corrected chi connectivity index (χ1v) is 14.0. The number of rotatable bonds is 7. The Kier molecular flexibility index (Phi) is 7.31. The van der Waals surface area contributed by atoms with Gasteiger partial charge in [-0.15, -0.1) is 0 Å². The van der Waals surface area contributed by atoms with Gasteiger partial charge in [0.25, 0.3) is 5.91 Å². The van der Waals surface area contributed by atoms with Crippen molar-refractivity contribution in [3.8, 4) is 0 Å². The molecule has 0 heterocycles. The van der Waals surface area contributed by atoms with Crippen molar-refractivity contribution in [2.75, 3.05) is 10.6 Å². The highest BCUT2D eigenvalue weighted by atomic mass is 32.2. The summed E-state index contributed by atoms with van der Waals surface area (Å²) in [4.78, 5) is 12.9. The molecule has 0 aliphatic heterocycles. The molecule has 184 valence electrons. The SMILES string of the molecule is Cc1cccc(C)c1N(Cc1ccc(C(=O)N[C@H](C)c2ccc3c(c2)CCCC3)cc1)S(C)(=O)=O. The van der Waals surface area contributed by atoms with E-state index in [1.807, 2.05) is 51.1 Å². The van der Waals surface area contributed by atoms with Gasteiger partial charge in [-0.3, -0.25) is 9.10 Å². The first-order chi connectivity index (χ1) is 16.6. The average molecular weight is 491 g/mol. The minimum Gasteiger partial charge on any atom is -0.346 e. The molecule has 0 fully saturated rings. The maximum absolute atomic E-state index is 12.9. The van der Waals surface area contributed by atoms with Gasteiger partial charge in [0.15, 0.2) is 0 Å². The van der Waals surface area contributed by atoms with Crippen molar-refractivity contribution >= 4 is 21.6 Å². The number of carbonyl (C=O) groups is 1. The van der Waals surface area contributed by atoms with Crippen molar-refractivity contribution in [1.82, 2.24) is 5.32 Å². The smallest absolute Gasteiger partial charge is 0.251 e. The first-order valence-electron chi connectivity index (χ1n) is 12.2. The molecule has 0 unspecified atom stereocenters. The van der Waals surface area contributed by atoms with E-state index >= 15 is 0 Å². The monoisotopic (exact) mass is 490 g/mol. The Bertz CT molecular complexity index is 1310. The number of amides is 1. The molecule has 0 saturated carbocycles. The van der Waals surface area contributed by atoms with Crippen LogP contribution in [0, 0.1) is 13.8 Å². The highest BCUT2D eigenvalue weighted by Gasteiger charge is 2.22. The number of benzene rings is 3. The number of hydrogen-bond acceptors (Lipinski definition) is 3. The molecule has 0 bridgehead atoms. The lowest BCUT2D eigenvalue weighted by atomic mass is 9.89. The number of hydrogen-bond donors (Lipinski definition) is 1. The van der Waals surface area contributed by atoms with Gasteiger partial charge in [0, 0.05) is 5.56 Å². The Morgan fingerprint density at radius 3 is 2.20 bits per heavy atom. The fourth-order valence-corrected chi connectivity index (χ4v) is 5.88. The van der Waals surface area contributed by atoms with Crippen molar-refractivity contribution in [3.63, 3.8) is 0 Å². The summed E-state index contributed by atoms with van der Waals surface area (Å²) < 4.78 is 26.7. The molecule has 0 aromatic heterocycles. The minimum absolute atomic E-state index is 0.0980. The normalized spacial score (nSPS) is 14.2. The lowest BCUT2D eigenvalue weighted by molar-refractivity contribution is 0.0940. The zero-order valence-electron chi connectivity index (χ0n) is 21.0. The van der Waals surface area contributed by atoms with Gasteiger partial charge in [0.05, 0.1) is 24.5 Å². The van der Waals surface area contributed by atoms with Crippen LogP contribution in [0.2, 0.25) is 0 Å². The van der Waals surface area contributed by atoms with E-state index in [1.165, 1.54) is 34.5 Å². The number of fused-ring (bicyclic) bond motifs is 1. The maximum atomic E-state index is 12.9. The van der Waals surface area contributed by atoms with E-state index in [0.717, 1.165) is 35.1 Å². The Labute approximate surface area is 209 Å². The molecule has 1 N–H and O–H groups in total. The van der Waals surface area contributed by atoms with Crippen LogP contribution in [0.5, 0.6) is 0 Å². The Hall–Kier alpha value is -3.12. The van der Waals surface area contributed by atoms with Crippen molar-refractivity contribution < 1.29 is 13.2 Å². The van der Waals surface area contributed by atoms with Gasteiger partial charge < -0.3 is 5.32 Å². The summed E-state index contributed by atoms with van der Waals surface area (Å²) in [5.41, 5.74) is 7.83. The number of para-hydroxylation sites is 1. The van der Waals surface area contributed by atoms with E-state index in [-0.39, 0.29) is 18.5 Å². The topological polar surface area (TPSA) is 66.5 Å². The molecule has 1 amide bonds. The predicted molar refractivity (Wildman–Crippen MR) is 142 cm³/mol. The molecule has 1 aliphatic carbocycles. The van der Waals surface area contributed by atoms with E-state index in [0.29, 0.717) is 11.3 Å². The first kappa shape index (κ1) is 25.0. The number of nitrogens with one attached hydrogen (secondary N) is 1. The molecule has 35 heavy (non-hydrogen) atoms. The van der Waals surface area contributed by atoms with Gasteiger partial charge in [0.1, 0.15) is 0 Å². The van der Waals surface area contributed by atoms with Crippen LogP contribution in [0.4, 0.5) is 5.69 Å². The third-order valence-corrected chi connectivity index (χ3v) is 7.96. The van der Waals surface area contributed by atoms with E-state index < -0.39 is 10.0 Å². The van der Waals surface area contributed by atoms with Gasteiger partial charge in [-0.25, -0.2) is 8.42 Å². The standard InChI is InChI=1S/C29H34N2O3S/c1-20-8-7-9-21(2)28(20)31(35(4,33)34)19-23-12-14-25(15-13-23)29(32)30-22(3)26-17-16-24-10-5-6-11-27(24)18-26/h7-9,12-18,22H,5-6,10-11,19H2,1-4H3,(H,30,32)/t22-/m1/s1. The number of aryl methyl sites for hydroxylation is 4. The summed E-state index contributed by atoms with van der Waals surface area (Å²) in [6, 6.07) is 19.4. The largest absolute Gasteiger partial charge is 0.346 e. The minimum atomic E-state index is -3.49. The van der Waals surface area contributed by atoms with Crippen molar-refractivity contribution in [1.29, 1.82) is 0 Å². The van der Waals surface area contributed by atoms with Gasteiger partial charge in [-0.05, 0) is 92.0 Å². The fourth-order valence-electron chi connectivity index (χ4n) is 4.87. The molecule has 0 saturated heterocycles. The van der Waals surface area contributed by atoms with Crippen LogP contribution in [0.15, 0.2) is 60.7 Å². The van der Waals surface area contributed by atoms with E-state index in [2.05, 4.69) is 23.5 Å². The zero-order chi connectivity index (χ0) is 25.2. The number of carbonyl (C=O) groups excluding carboxylic acids is 1. The molecule has 0 spiro atoms. The molecule has 5 nitrogen and oxygen atoms in total. The van der Waals surface area contributed by atoms with E-state index in [9.17, 15) is 13.2 Å². The summed E-state index contributed by atoms with van der Waals surface area (Å²) in [5, 5.41) is 3.10. The van der Waals surface area contributed by atoms with Crippen LogP contribution < -0.4 is 9.62 Å². The van der Waals surface area contributed by atoms with Crippen LogP contribution in [-0.2, 0) is 29.4 Å². The van der Waals surface area contributed by atoms with Crippen LogP contribution in [-0.4, -0.2) is 20.6 Å². The van der Waals surface area contributed by atoms with Crippen LogP contribution in [0.1, 0.15) is 69.5 Å². The number of nitrogens with zero attached hydrogens (tertiary/aromatic N) is 1. The average Bonchev–Trinajstić information content (AvgIpc) is 2.82. The van der Waals surface area contributed by atoms with Gasteiger partial charge in [0.2, 0.25) is 10.0 Å². The second-order valence-electron chi connectivity index (χ2n) is 9.64. The third kappa shape index (κ3) is 5.76. The number of sulfonamides is 1. The third-order valence-electron chi connectivity index (χ3n) is 6.85. The Morgan fingerprint density at radius 1 is 0.943 bits per heavy atom. The molecule has 4 rings (SSSR count). The summed E-state index contributed by atoms with van der Waals surface area (Å²) in [6.07, 6.45) is 5.95. The lowest BCUT2D eigenvalue weighted by Crippen LogP contribution is -2.30. The lowest BCUT2D eigenvalue weighted by Gasteiger charge is -2.26. The fraction of sp³-hybridized carbons (Fsp3) is 0.345. The van der Waals surface area contributed by atoms with Crippen molar-refractivity contribution in [2.45, 2.75) is 59.0 Å². The second kappa shape index (κ2) is 10.2.